The van der Waals surface area contributed by atoms with Crippen LogP contribution in [-0.2, 0) is 4.79 Å². The fraction of sp³-hybridized carbons (Fsp3) is 0.0556. The zero-order valence-electron chi connectivity index (χ0n) is 18.9. The summed E-state index contributed by atoms with van der Waals surface area (Å²) in [6.45, 7) is 1.18. The maximum Gasteiger partial charge on any atom is 0.221 e. The van der Waals surface area contributed by atoms with E-state index in [2.05, 4.69) is 5.32 Å². The van der Waals surface area contributed by atoms with Crippen molar-refractivity contribution < 1.29 is 20.9 Å². The smallest absolute Gasteiger partial charge is 0.221 e. The minimum absolute atomic E-state index is 0.00407. The first-order valence-corrected chi connectivity index (χ1v) is 6.18. The summed E-state index contributed by atoms with van der Waals surface area (Å²) in [7, 11) is 0. The van der Waals surface area contributed by atoms with Gasteiger partial charge in [0.2, 0.25) is 5.91 Å². The van der Waals surface area contributed by atoms with Gasteiger partial charge in [0.25, 0.3) is 0 Å². The number of anilines is 1. The van der Waals surface area contributed by atoms with Gasteiger partial charge in [-0.15, -0.1) is 0 Å². The third-order valence-electron chi connectivity index (χ3n) is 3.28. The molecule has 21 heavy (non-hydrogen) atoms. The Labute approximate surface area is 132 Å². The average Bonchev–Trinajstić information content (AvgIpc) is 2.65. The van der Waals surface area contributed by atoms with Crippen LogP contribution in [0.4, 0.5) is 5.69 Å². The van der Waals surface area contributed by atoms with Crippen molar-refractivity contribution in [2.24, 2.45) is 0 Å². The molecule has 1 amide bonds. The molecule has 0 bridgehead atoms. The molecule has 0 aliphatic heterocycles. The molecule has 102 valence electrons. The van der Waals surface area contributed by atoms with E-state index in [1.165, 1.54) is 6.92 Å². The lowest BCUT2D eigenvalue weighted by Gasteiger charge is -2.14. The quantitative estimate of drug-likeness (QED) is 0.513. The number of phenols is 1. The number of rotatable bonds is 1. The number of carbonyl (C=O) groups excluding carboxylic acids is 1. The molecule has 4 aromatic rings. The van der Waals surface area contributed by atoms with Gasteiger partial charge in [-0.2, -0.15) is 0 Å². The lowest BCUT2D eigenvalue weighted by atomic mass is 9.93. The zero-order valence-corrected chi connectivity index (χ0v) is 10.9. The van der Waals surface area contributed by atoms with E-state index in [1.807, 2.05) is 0 Å². The van der Waals surface area contributed by atoms with Crippen LogP contribution in [0.5, 0.6) is 5.75 Å². The maximum atomic E-state index is 11.7. The molecule has 0 atom stereocenters. The molecule has 0 radical (unpaired) electrons. The number of nitrogens with one attached hydrogen (secondary N) is 1. The van der Waals surface area contributed by atoms with E-state index in [4.69, 9.17) is 11.0 Å². The lowest BCUT2D eigenvalue weighted by Crippen LogP contribution is -2.06. The molecule has 4 aromatic carbocycles. The van der Waals surface area contributed by atoms with E-state index in [-0.39, 0.29) is 38.0 Å². The van der Waals surface area contributed by atoms with Gasteiger partial charge in [0, 0.05) is 28.8 Å². The summed E-state index contributed by atoms with van der Waals surface area (Å²) >= 11 is 0. The Balaban J connectivity index is 2.54. The first-order chi connectivity index (χ1) is 13.5. The highest BCUT2D eigenvalue weighted by atomic mass is 16.3. The highest BCUT2D eigenvalue weighted by Gasteiger charge is 2.13. The molecule has 0 saturated carbocycles. The largest absolute Gasteiger partial charge is 0.507 e. The van der Waals surface area contributed by atoms with Crippen molar-refractivity contribution >= 4 is 43.9 Å². The van der Waals surface area contributed by atoms with Crippen LogP contribution in [0.15, 0.2) is 48.3 Å². The van der Waals surface area contributed by atoms with E-state index in [1.54, 1.807) is 0 Å². The summed E-state index contributed by atoms with van der Waals surface area (Å²) in [5.74, 6) is -1.27. The minimum atomic E-state index is -0.705. The Morgan fingerprint density at radius 2 is 1.52 bits per heavy atom. The van der Waals surface area contributed by atoms with Gasteiger partial charge in [-0.3, -0.25) is 4.79 Å². The number of hydrogen-bond donors (Lipinski definition) is 2. The average molecular weight is 283 g/mol. The van der Waals surface area contributed by atoms with Gasteiger partial charge >= 0.3 is 0 Å². The first kappa shape index (κ1) is 6.31. The number of benzene rings is 4. The first-order valence-electron chi connectivity index (χ1n) is 10.2. The summed E-state index contributed by atoms with van der Waals surface area (Å²) in [6, 6.07) is -3.99. The molecule has 3 heteroatoms. The Hall–Kier alpha value is -2.81. The molecule has 0 aliphatic carbocycles. The fourth-order valence-corrected chi connectivity index (χ4v) is 2.44. The van der Waals surface area contributed by atoms with Crippen molar-refractivity contribution in [1.82, 2.24) is 0 Å². The SMILES string of the molecule is [2H]c1c([2H])c2c([2H])c([2H])c3c([2H])c([2H])c(NC(C)=O)c4c([2H])c([2H])c(c1O)c2c34. The minimum Gasteiger partial charge on any atom is -0.507 e. The van der Waals surface area contributed by atoms with Crippen molar-refractivity contribution in [2.75, 3.05) is 5.32 Å². The third-order valence-corrected chi connectivity index (χ3v) is 3.28. The molecule has 3 nitrogen and oxygen atoms in total. The van der Waals surface area contributed by atoms with Crippen molar-refractivity contribution in [2.45, 2.75) is 6.92 Å². The van der Waals surface area contributed by atoms with E-state index >= 15 is 0 Å². The number of amides is 1. The van der Waals surface area contributed by atoms with E-state index < -0.39 is 60.0 Å². The van der Waals surface area contributed by atoms with Gasteiger partial charge in [0.05, 0.1) is 11.0 Å². The highest BCUT2D eigenvalue weighted by molar-refractivity contribution is 6.26. The molecule has 2 N–H and O–H groups in total. The van der Waals surface area contributed by atoms with E-state index in [0.717, 1.165) is 0 Å². The molecular weight excluding hydrogens is 262 g/mol. The van der Waals surface area contributed by atoms with Gasteiger partial charge < -0.3 is 10.4 Å². The van der Waals surface area contributed by atoms with Crippen LogP contribution in [0.3, 0.4) is 0 Å². The van der Waals surface area contributed by atoms with Crippen LogP contribution >= 0.6 is 0 Å². The standard InChI is InChI=1S/C18H13NO2/c1-10(20)19-15-8-4-11-2-3-12-5-9-16(21)14-7-6-13(15)17(11)18(12)14/h2-9,21H,1H3,(H,19,20)/i2D,3D,4D,5D,6D,7D,8D,9D. The summed E-state index contributed by atoms with van der Waals surface area (Å²) < 4.78 is 66.2. The van der Waals surface area contributed by atoms with Crippen LogP contribution in [0.25, 0.3) is 32.3 Å². The Kier molecular flexibility index (Phi) is 1.23. The number of carbonyl (C=O) groups is 1. The highest BCUT2D eigenvalue weighted by Crippen LogP contribution is 2.40. The molecule has 0 aliphatic rings. The van der Waals surface area contributed by atoms with Crippen LogP contribution in [0, 0.1) is 0 Å². The molecule has 0 fully saturated rings. The van der Waals surface area contributed by atoms with Crippen LogP contribution in [0.2, 0.25) is 0 Å². The second-order valence-electron chi connectivity index (χ2n) is 4.65. The topological polar surface area (TPSA) is 49.3 Å². The lowest BCUT2D eigenvalue weighted by molar-refractivity contribution is -0.114. The zero-order chi connectivity index (χ0) is 21.5. The van der Waals surface area contributed by atoms with Crippen molar-refractivity contribution in [1.29, 1.82) is 0 Å². The second-order valence-corrected chi connectivity index (χ2v) is 4.65. The Morgan fingerprint density at radius 1 is 0.952 bits per heavy atom. The Morgan fingerprint density at radius 3 is 2.24 bits per heavy atom. The third kappa shape index (κ3) is 1.64. The van der Waals surface area contributed by atoms with Crippen LogP contribution < -0.4 is 5.32 Å². The molecule has 0 spiro atoms. The fourth-order valence-electron chi connectivity index (χ4n) is 2.44. The van der Waals surface area contributed by atoms with Crippen molar-refractivity contribution in [3.63, 3.8) is 0 Å². The van der Waals surface area contributed by atoms with Gasteiger partial charge in [-0.1, -0.05) is 30.2 Å². The number of hydrogen-bond acceptors (Lipinski definition) is 2. The molecule has 0 saturated heterocycles. The van der Waals surface area contributed by atoms with Crippen LogP contribution in [-0.4, -0.2) is 11.0 Å². The summed E-state index contributed by atoms with van der Waals surface area (Å²) in [6.07, 6.45) is 0. The summed E-state index contributed by atoms with van der Waals surface area (Å²) in [4.78, 5) is 11.7. The monoisotopic (exact) mass is 283 g/mol. The molecule has 0 aromatic heterocycles. The summed E-state index contributed by atoms with van der Waals surface area (Å²) in [5.41, 5.74) is -0.185. The molecule has 0 unspecified atom stereocenters. The van der Waals surface area contributed by atoms with Gasteiger partial charge in [-0.05, 0) is 34.3 Å². The van der Waals surface area contributed by atoms with Crippen LogP contribution in [0.1, 0.15) is 17.9 Å². The normalized spacial score (nSPS) is 16.8. The second kappa shape index (κ2) is 4.09. The molecule has 4 rings (SSSR count). The van der Waals surface area contributed by atoms with Gasteiger partial charge in [0.15, 0.2) is 0 Å². The number of phenolic OH excluding ortho intramolecular Hbond substituents is 1. The predicted octanol–water partition coefficient (Wildman–Crippen LogP) is 4.25. The molecular formula is C18H13NO2. The Bertz CT molecular complexity index is 1370. The summed E-state index contributed by atoms with van der Waals surface area (Å²) in [5, 5.41) is 12.3. The maximum absolute atomic E-state index is 11.7. The van der Waals surface area contributed by atoms with E-state index in [9.17, 15) is 9.90 Å². The van der Waals surface area contributed by atoms with Crippen molar-refractivity contribution in [3.8, 4) is 5.75 Å². The van der Waals surface area contributed by atoms with Gasteiger partial charge in [0.1, 0.15) is 5.75 Å². The van der Waals surface area contributed by atoms with E-state index in [0.29, 0.717) is 0 Å². The van der Waals surface area contributed by atoms with Crippen molar-refractivity contribution in [3.05, 3.63) is 48.3 Å². The predicted molar refractivity (Wildman–Crippen MR) is 86.1 cm³/mol. The van der Waals surface area contributed by atoms with Gasteiger partial charge in [-0.25, -0.2) is 0 Å². The molecule has 0 heterocycles. The number of aromatic hydroxyl groups is 1.